The van der Waals surface area contributed by atoms with E-state index in [-0.39, 0.29) is 0 Å². The standard InChI is InChI=1S/C9H11N3O/c1-2-11-6-3-4-7-8(5-6)13-12-9(7)10/h3-5,11H,2H2,1H3,(H2,10,12). The third kappa shape index (κ3) is 1.30. The minimum Gasteiger partial charge on any atom is -0.385 e. The molecule has 0 aliphatic rings. The highest BCUT2D eigenvalue weighted by Gasteiger charge is 2.04. The van der Waals surface area contributed by atoms with Gasteiger partial charge < -0.3 is 15.6 Å². The maximum Gasteiger partial charge on any atom is 0.174 e. The van der Waals surface area contributed by atoms with E-state index < -0.39 is 0 Å². The summed E-state index contributed by atoms with van der Waals surface area (Å²) in [6, 6.07) is 5.75. The molecule has 2 rings (SSSR count). The number of hydrogen-bond acceptors (Lipinski definition) is 4. The molecule has 2 aromatic rings. The Labute approximate surface area is 75.7 Å². The summed E-state index contributed by atoms with van der Waals surface area (Å²) in [5.41, 5.74) is 7.31. The predicted octanol–water partition coefficient (Wildman–Crippen LogP) is 1.84. The quantitative estimate of drug-likeness (QED) is 0.734. The Balaban J connectivity index is 2.50. The van der Waals surface area contributed by atoms with Crippen molar-refractivity contribution in [3.05, 3.63) is 18.2 Å². The van der Waals surface area contributed by atoms with Crippen LogP contribution in [-0.2, 0) is 0 Å². The molecule has 3 N–H and O–H groups in total. The molecule has 0 radical (unpaired) electrons. The van der Waals surface area contributed by atoms with Gasteiger partial charge in [-0.15, -0.1) is 0 Å². The third-order valence-corrected chi connectivity index (χ3v) is 1.88. The van der Waals surface area contributed by atoms with Crippen molar-refractivity contribution in [3.8, 4) is 0 Å². The number of nitrogens with two attached hydrogens (primary N) is 1. The Morgan fingerprint density at radius 1 is 1.54 bits per heavy atom. The Bertz CT molecular complexity index is 422. The Morgan fingerprint density at radius 2 is 2.38 bits per heavy atom. The summed E-state index contributed by atoms with van der Waals surface area (Å²) in [7, 11) is 0. The fourth-order valence-corrected chi connectivity index (χ4v) is 1.27. The van der Waals surface area contributed by atoms with Crippen molar-refractivity contribution < 1.29 is 4.52 Å². The van der Waals surface area contributed by atoms with Gasteiger partial charge in [-0.1, -0.05) is 5.16 Å². The zero-order valence-corrected chi connectivity index (χ0v) is 7.37. The van der Waals surface area contributed by atoms with Gasteiger partial charge in [0.15, 0.2) is 11.4 Å². The average Bonchev–Trinajstić information content (AvgIpc) is 2.48. The van der Waals surface area contributed by atoms with E-state index in [2.05, 4.69) is 10.5 Å². The van der Waals surface area contributed by atoms with Crippen LogP contribution < -0.4 is 11.1 Å². The minimum absolute atomic E-state index is 0.443. The number of anilines is 2. The number of benzene rings is 1. The van der Waals surface area contributed by atoms with Gasteiger partial charge in [0.1, 0.15) is 0 Å². The molecule has 0 atom stereocenters. The van der Waals surface area contributed by atoms with E-state index in [9.17, 15) is 0 Å². The van der Waals surface area contributed by atoms with E-state index in [1.807, 2.05) is 25.1 Å². The maximum absolute atomic E-state index is 5.57. The van der Waals surface area contributed by atoms with Crippen LogP contribution in [0.2, 0.25) is 0 Å². The molecule has 0 saturated carbocycles. The normalized spacial score (nSPS) is 10.5. The molecule has 1 aromatic heterocycles. The minimum atomic E-state index is 0.443. The first-order chi connectivity index (χ1) is 6.31. The van der Waals surface area contributed by atoms with Gasteiger partial charge in [-0.05, 0) is 19.1 Å². The number of nitrogens with zero attached hydrogens (tertiary/aromatic N) is 1. The second-order valence-corrected chi connectivity index (χ2v) is 2.81. The lowest BCUT2D eigenvalue weighted by atomic mass is 10.2. The molecule has 4 nitrogen and oxygen atoms in total. The second kappa shape index (κ2) is 2.97. The molecule has 1 heterocycles. The molecule has 0 unspecified atom stereocenters. The van der Waals surface area contributed by atoms with E-state index in [4.69, 9.17) is 10.3 Å². The van der Waals surface area contributed by atoms with Gasteiger partial charge in [-0.2, -0.15) is 0 Å². The number of rotatable bonds is 2. The molecule has 0 bridgehead atoms. The maximum atomic E-state index is 5.57. The number of fused-ring (bicyclic) bond motifs is 1. The van der Waals surface area contributed by atoms with E-state index in [0.717, 1.165) is 23.2 Å². The Hall–Kier alpha value is -1.71. The number of hydrogen-bond donors (Lipinski definition) is 2. The summed E-state index contributed by atoms with van der Waals surface area (Å²) in [6.07, 6.45) is 0. The summed E-state index contributed by atoms with van der Waals surface area (Å²) in [5.74, 6) is 0.443. The molecule has 0 aliphatic heterocycles. The van der Waals surface area contributed by atoms with Crippen molar-refractivity contribution in [3.63, 3.8) is 0 Å². The van der Waals surface area contributed by atoms with Crippen molar-refractivity contribution in [1.29, 1.82) is 0 Å². The molecule has 13 heavy (non-hydrogen) atoms. The van der Waals surface area contributed by atoms with Gasteiger partial charge >= 0.3 is 0 Å². The van der Waals surface area contributed by atoms with E-state index in [1.165, 1.54) is 0 Å². The van der Waals surface area contributed by atoms with Gasteiger partial charge in [0.2, 0.25) is 0 Å². The monoisotopic (exact) mass is 177 g/mol. The molecular formula is C9H11N3O. The van der Waals surface area contributed by atoms with Crippen LogP contribution in [-0.4, -0.2) is 11.7 Å². The summed E-state index contributed by atoms with van der Waals surface area (Å²) in [5, 5.41) is 7.71. The number of aromatic nitrogens is 1. The molecule has 0 spiro atoms. The van der Waals surface area contributed by atoms with E-state index in [1.54, 1.807) is 0 Å². The lowest BCUT2D eigenvalue weighted by Crippen LogP contribution is -1.95. The van der Waals surface area contributed by atoms with Crippen molar-refractivity contribution in [2.24, 2.45) is 0 Å². The molecule has 0 fully saturated rings. The average molecular weight is 177 g/mol. The highest BCUT2D eigenvalue weighted by molar-refractivity contribution is 5.89. The molecule has 1 aromatic carbocycles. The summed E-state index contributed by atoms with van der Waals surface area (Å²) in [4.78, 5) is 0. The van der Waals surface area contributed by atoms with E-state index >= 15 is 0 Å². The Morgan fingerprint density at radius 3 is 3.15 bits per heavy atom. The van der Waals surface area contributed by atoms with Crippen LogP contribution in [0.1, 0.15) is 6.92 Å². The smallest absolute Gasteiger partial charge is 0.174 e. The highest BCUT2D eigenvalue weighted by atomic mass is 16.5. The van der Waals surface area contributed by atoms with Crippen molar-refractivity contribution in [1.82, 2.24) is 5.16 Å². The van der Waals surface area contributed by atoms with Crippen LogP contribution in [0.15, 0.2) is 22.7 Å². The third-order valence-electron chi connectivity index (χ3n) is 1.88. The zero-order valence-electron chi connectivity index (χ0n) is 7.37. The van der Waals surface area contributed by atoms with Gasteiger partial charge in [0.05, 0.1) is 5.39 Å². The first-order valence-corrected chi connectivity index (χ1v) is 4.20. The van der Waals surface area contributed by atoms with Gasteiger partial charge in [-0.3, -0.25) is 0 Å². The molecule has 0 aliphatic carbocycles. The summed E-state index contributed by atoms with van der Waals surface area (Å²) in [6.45, 7) is 2.92. The molecular weight excluding hydrogens is 166 g/mol. The topological polar surface area (TPSA) is 64.1 Å². The van der Waals surface area contributed by atoms with Crippen LogP contribution >= 0.6 is 0 Å². The zero-order chi connectivity index (χ0) is 9.26. The van der Waals surface area contributed by atoms with Crippen molar-refractivity contribution >= 4 is 22.5 Å². The first-order valence-electron chi connectivity index (χ1n) is 4.20. The Kier molecular flexibility index (Phi) is 1.81. The van der Waals surface area contributed by atoms with Crippen LogP contribution in [0.3, 0.4) is 0 Å². The van der Waals surface area contributed by atoms with Gasteiger partial charge in [-0.25, -0.2) is 0 Å². The second-order valence-electron chi connectivity index (χ2n) is 2.81. The van der Waals surface area contributed by atoms with Gasteiger partial charge in [0.25, 0.3) is 0 Å². The summed E-state index contributed by atoms with van der Waals surface area (Å²) >= 11 is 0. The first kappa shape index (κ1) is 7.91. The molecule has 0 saturated heterocycles. The van der Waals surface area contributed by atoms with Gasteiger partial charge in [0, 0.05) is 18.3 Å². The van der Waals surface area contributed by atoms with Crippen LogP contribution in [0.5, 0.6) is 0 Å². The predicted molar refractivity (Wildman–Crippen MR) is 52.6 cm³/mol. The SMILES string of the molecule is CCNc1ccc2c(N)noc2c1. The van der Waals surface area contributed by atoms with Crippen LogP contribution in [0, 0.1) is 0 Å². The number of nitrogens with one attached hydrogen (secondary N) is 1. The molecule has 68 valence electrons. The fraction of sp³-hybridized carbons (Fsp3) is 0.222. The summed E-state index contributed by atoms with van der Waals surface area (Å²) < 4.78 is 5.02. The lowest BCUT2D eigenvalue weighted by Gasteiger charge is -2.00. The van der Waals surface area contributed by atoms with Crippen molar-refractivity contribution in [2.75, 3.05) is 17.6 Å². The number of nitrogen functional groups attached to an aromatic ring is 1. The largest absolute Gasteiger partial charge is 0.385 e. The highest BCUT2D eigenvalue weighted by Crippen LogP contribution is 2.23. The van der Waals surface area contributed by atoms with E-state index in [0.29, 0.717) is 5.82 Å². The fourth-order valence-electron chi connectivity index (χ4n) is 1.27. The molecule has 4 heteroatoms. The van der Waals surface area contributed by atoms with Crippen molar-refractivity contribution in [2.45, 2.75) is 6.92 Å². The van der Waals surface area contributed by atoms with Crippen LogP contribution in [0.25, 0.3) is 11.0 Å². The lowest BCUT2D eigenvalue weighted by molar-refractivity contribution is 0.460. The van der Waals surface area contributed by atoms with Crippen LogP contribution in [0.4, 0.5) is 11.5 Å². The molecule has 0 amide bonds.